The topological polar surface area (TPSA) is 56.8 Å². The van der Waals surface area contributed by atoms with Crippen molar-refractivity contribution in [3.8, 4) is 11.5 Å². The lowest BCUT2D eigenvalue weighted by Crippen LogP contribution is -2.31. The van der Waals surface area contributed by atoms with Crippen LogP contribution in [0.2, 0.25) is 0 Å². The SMILES string of the molecule is COc1ccc(OC)c(C(=O)NCC(C)OC)c1. The molecule has 1 amide bonds. The number of carbonyl (C=O) groups excluding carboxylic acids is 1. The van der Waals surface area contributed by atoms with E-state index < -0.39 is 0 Å². The molecule has 1 aromatic carbocycles. The second kappa shape index (κ2) is 6.86. The van der Waals surface area contributed by atoms with E-state index in [0.29, 0.717) is 23.6 Å². The molecule has 5 nitrogen and oxygen atoms in total. The monoisotopic (exact) mass is 253 g/mol. The second-order valence-electron chi connectivity index (χ2n) is 3.82. The molecule has 0 aliphatic heterocycles. The third kappa shape index (κ3) is 3.63. The highest BCUT2D eigenvalue weighted by Crippen LogP contribution is 2.23. The van der Waals surface area contributed by atoms with Gasteiger partial charge in [0.1, 0.15) is 11.5 Å². The normalized spacial score (nSPS) is 11.8. The van der Waals surface area contributed by atoms with E-state index in [9.17, 15) is 4.79 Å². The molecule has 100 valence electrons. The number of benzene rings is 1. The standard InChI is InChI=1S/C13H19NO4/c1-9(16-2)8-14-13(15)11-7-10(17-3)5-6-12(11)18-4/h5-7,9H,8H2,1-4H3,(H,14,15). The fourth-order valence-electron chi connectivity index (χ4n) is 1.41. The van der Waals surface area contributed by atoms with Gasteiger partial charge < -0.3 is 19.5 Å². The highest BCUT2D eigenvalue weighted by atomic mass is 16.5. The van der Waals surface area contributed by atoms with E-state index in [1.165, 1.54) is 7.11 Å². The molecule has 1 N–H and O–H groups in total. The van der Waals surface area contributed by atoms with E-state index in [1.807, 2.05) is 6.92 Å². The summed E-state index contributed by atoms with van der Waals surface area (Å²) in [5.41, 5.74) is 0.445. The Labute approximate surface area is 107 Å². The lowest BCUT2D eigenvalue weighted by Gasteiger charge is -2.13. The van der Waals surface area contributed by atoms with Gasteiger partial charge in [-0.1, -0.05) is 0 Å². The molecule has 1 aromatic rings. The summed E-state index contributed by atoms with van der Waals surface area (Å²) in [6, 6.07) is 5.09. The molecule has 0 bridgehead atoms. The summed E-state index contributed by atoms with van der Waals surface area (Å²) in [6.45, 7) is 2.32. The van der Waals surface area contributed by atoms with Crippen molar-refractivity contribution >= 4 is 5.91 Å². The van der Waals surface area contributed by atoms with Crippen LogP contribution in [0.25, 0.3) is 0 Å². The molecule has 0 fully saturated rings. The number of amides is 1. The quantitative estimate of drug-likeness (QED) is 0.834. The Morgan fingerprint density at radius 2 is 2.00 bits per heavy atom. The van der Waals surface area contributed by atoms with Crippen molar-refractivity contribution in [2.24, 2.45) is 0 Å². The predicted molar refractivity (Wildman–Crippen MR) is 68.4 cm³/mol. The molecule has 0 aliphatic rings. The van der Waals surface area contributed by atoms with Gasteiger partial charge in [-0.25, -0.2) is 0 Å². The number of rotatable bonds is 6. The van der Waals surface area contributed by atoms with Gasteiger partial charge in [0.25, 0.3) is 5.91 Å². The molecule has 0 saturated heterocycles. The number of carbonyl (C=O) groups is 1. The highest BCUT2D eigenvalue weighted by molar-refractivity contribution is 5.97. The van der Waals surface area contributed by atoms with Crippen molar-refractivity contribution in [1.82, 2.24) is 5.32 Å². The van der Waals surface area contributed by atoms with Crippen LogP contribution in [0.1, 0.15) is 17.3 Å². The van der Waals surface area contributed by atoms with Gasteiger partial charge in [0.15, 0.2) is 0 Å². The summed E-state index contributed by atoms with van der Waals surface area (Å²) in [6.07, 6.45) is -0.0365. The van der Waals surface area contributed by atoms with Crippen LogP contribution in [0.15, 0.2) is 18.2 Å². The van der Waals surface area contributed by atoms with Gasteiger partial charge in [0, 0.05) is 13.7 Å². The third-order valence-corrected chi connectivity index (χ3v) is 2.60. The Hall–Kier alpha value is -1.75. The van der Waals surface area contributed by atoms with E-state index in [0.717, 1.165) is 0 Å². The van der Waals surface area contributed by atoms with Gasteiger partial charge in [-0.15, -0.1) is 0 Å². The van der Waals surface area contributed by atoms with Crippen LogP contribution in [0.4, 0.5) is 0 Å². The third-order valence-electron chi connectivity index (χ3n) is 2.60. The lowest BCUT2D eigenvalue weighted by molar-refractivity contribution is 0.0867. The number of hydrogen-bond donors (Lipinski definition) is 1. The summed E-state index contributed by atoms with van der Waals surface area (Å²) in [4.78, 5) is 12.0. The molecule has 0 heterocycles. The van der Waals surface area contributed by atoms with Crippen molar-refractivity contribution < 1.29 is 19.0 Å². The molecule has 1 atom stereocenters. The first-order valence-corrected chi connectivity index (χ1v) is 5.65. The minimum atomic E-state index is -0.213. The first-order chi connectivity index (χ1) is 8.62. The molecule has 1 unspecified atom stereocenters. The van der Waals surface area contributed by atoms with Crippen molar-refractivity contribution in [3.05, 3.63) is 23.8 Å². The molecule has 0 saturated carbocycles. The molecule has 0 spiro atoms. The highest BCUT2D eigenvalue weighted by Gasteiger charge is 2.14. The number of nitrogens with one attached hydrogen (secondary N) is 1. The van der Waals surface area contributed by atoms with Crippen LogP contribution in [-0.2, 0) is 4.74 Å². The molecular weight excluding hydrogens is 234 g/mol. The molecule has 18 heavy (non-hydrogen) atoms. The predicted octanol–water partition coefficient (Wildman–Crippen LogP) is 1.47. The van der Waals surface area contributed by atoms with Crippen molar-refractivity contribution in [1.29, 1.82) is 0 Å². The van der Waals surface area contributed by atoms with Crippen LogP contribution in [-0.4, -0.2) is 39.9 Å². The van der Waals surface area contributed by atoms with Crippen LogP contribution in [0.3, 0.4) is 0 Å². The van der Waals surface area contributed by atoms with Gasteiger partial charge in [-0.3, -0.25) is 4.79 Å². The van der Waals surface area contributed by atoms with Crippen molar-refractivity contribution in [2.75, 3.05) is 27.9 Å². The molecule has 0 aliphatic carbocycles. The minimum absolute atomic E-state index is 0.0365. The summed E-state index contributed by atoms with van der Waals surface area (Å²) in [7, 11) is 4.68. The Morgan fingerprint density at radius 1 is 1.28 bits per heavy atom. The Balaban J connectivity index is 2.82. The zero-order valence-electron chi connectivity index (χ0n) is 11.1. The first kappa shape index (κ1) is 14.3. The van der Waals surface area contributed by atoms with Crippen LogP contribution in [0.5, 0.6) is 11.5 Å². The maximum atomic E-state index is 12.0. The van der Waals surface area contributed by atoms with E-state index in [2.05, 4.69) is 5.32 Å². The van der Waals surface area contributed by atoms with Crippen LogP contribution >= 0.6 is 0 Å². The fourth-order valence-corrected chi connectivity index (χ4v) is 1.41. The molecule has 0 aromatic heterocycles. The minimum Gasteiger partial charge on any atom is -0.497 e. The van der Waals surface area contributed by atoms with Gasteiger partial charge in [0.05, 0.1) is 25.9 Å². The summed E-state index contributed by atoms with van der Waals surface area (Å²) < 4.78 is 15.3. The van der Waals surface area contributed by atoms with E-state index in [4.69, 9.17) is 14.2 Å². The average molecular weight is 253 g/mol. The smallest absolute Gasteiger partial charge is 0.255 e. The van der Waals surface area contributed by atoms with Crippen LogP contribution < -0.4 is 14.8 Å². The van der Waals surface area contributed by atoms with Crippen molar-refractivity contribution in [3.63, 3.8) is 0 Å². The second-order valence-corrected chi connectivity index (χ2v) is 3.82. The maximum Gasteiger partial charge on any atom is 0.255 e. The molecule has 0 radical (unpaired) electrons. The number of methoxy groups -OCH3 is 3. The Bertz CT molecular complexity index is 406. The van der Waals surface area contributed by atoms with Gasteiger partial charge in [-0.05, 0) is 25.1 Å². The number of ether oxygens (including phenoxy) is 3. The van der Waals surface area contributed by atoms with E-state index >= 15 is 0 Å². The summed E-state index contributed by atoms with van der Waals surface area (Å²) in [5, 5.41) is 2.78. The lowest BCUT2D eigenvalue weighted by atomic mass is 10.1. The summed E-state index contributed by atoms with van der Waals surface area (Å²) in [5.74, 6) is 0.911. The largest absolute Gasteiger partial charge is 0.497 e. The zero-order valence-corrected chi connectivity index (χ0v) is 11.1. The molecule has 5 heteroatoms. The average Bonchev–Trinajstić information content (AvgIpc) is 2.43. The maximum absolute atomic E-state index is 12.0. The fraction of sp³-hybridized carbons (Fsp3) is 0.462. The van der Waals surface area contributed by atoms with E-state index in [1.54, 1.807) is 32.4 Å². The van der Waals surface area contributed by atoms with Gasteiger partial charge >= 0.3 is 0 Å². The first-order valence-electron chi connectivity index (χ1n) is 5.65. The number of hydrogen-bond acceptors (Lipinski definition) is 4. The van der Waals surface area contributed by atoms with Gasteiger partial charge in [0.2, 0.25) is 0 Å². The van der Waals surface area contributed by atoms with Crippen LogP contribution in [0, 0.1) is 0 Å². The van der Waals surface area contributed by atoms with Gasteiger partial charge in [-0.2, -0.15) is 0 Å². The zero-order chi connectivity index (χ0) is 13.5. The Morgan fingerprint density at radius 3 is 2.56 bits per heavy atom. The van der Waals surface area contributed by atoms with Crippen molar-refractivity contribution in [2.45, 2.75) is 13.0 Å². The molecular formula is C13H19NO4. The van der Waals surface area contributed by atoms with E-state index in [-0.39, 0.29) is 12.0 Å². The molecule has 1 rings (SSSR count). The Kier molecular flexibility index (Phi) is 5.45. The summed E-state index contributed by atoms with van der Waals surface area (Å²) >= 11 is 0.